The quantitative estimate of drug-likeness (QED) is 0.773. The predicted molar refractivity (Wildman–Crippen MR) is 75.9 cm³/mol. The number of nitrogens with two attached hydrogens (primary N) is 1. The van der Waals surface area contributed by atoms with Crippen molar-refractivity contribution in [3.63, 3.8) is 0 Å². The van der Waals surface area contributed by atoms with E-state index >= 15 is 0 Å². The highest BCUT2D eigenvalue weighted by Crippen LogP contribution is 2.36. The molecular formula is C13H28N2O2S. The summed E-state index contributed by atoms with van der Waals surface area (Å²) < 4.78 is 26.8. The standard InChI is InChI=1S/C13H28N2O2S/c1-4-9-15(18(16,17)10-12(2)3)13(11-14)7-5-6-8-13/h12H,4-11,14H2,1-3H3. The van der Waals surface area contributed by atoms with Crippen LogP contribution in [-0.2, 0) is 10.0 Å². The molecule has 1 saturated carbocycles. The lowest BCUT2D eigenvalue weighted by Crippen LogP contribution is -2.55. The maximum atomic E-state index is 12.6. The van der Waals surface area contributed by atoms with Crippen LogP contribution in [0.4, 0.5) is 0 Å². The second kappa shape index (κ2) is 6.35. The molecule has 0 aromatic heterocycles. The highest BCUT2D eigenvalue weighted by atomic mass is 32.2. The fourth-order valence-corrected chi connectivity index (χ4v) is 5.30. The molecule has 0 bridgehead atoms. The van der Waals surface area contributed by atoms with Gasteiger partial charge in [0.25, 0.3) is 0 Å². The summed E-state index contributed by atoms with van der Waals surface area (Å²) in [7, 11) is -3.18. The molecule has 18 heavy (non-hydrogen) atoms. The van der Waals surface area contributed by atoms with Gasteiger partial charge in [-0.25, -0.2) is 8.42 Å². The minimum absolute atomic E-state index is 0.158. The minimum atomic E-state index is -3.18. The number of nitrogens with zero attached hydrogens (tertiary/aromatic N) is 1. The van der Waals surface area contributed by atoms with Crippen LogP contribution in [0, 0.1) is 5.92 Å². The lowest BCUT2D eigenvalue weighted by Gasteiger charge is -2.39. The summed E-state index contributed by atoms with van der Waals surface area (Å²) in [6.45, 7) is 6.98. The highest BCUT2D eigenvalue weighted by Gasteiger charge is 2.43. The van der Waals surface area contributed by atoms with Crippen molar-refractivity contribution < 1.29 is 8.42 Å². The highest BCUT2D eigenvalue weighted by molar-refractivity contribution is 7.89. The van der Waals surface area contributed by atoms with Crippen LogP contribution < -0.4 is 5.73 Å². The van der Waals surface area contributed by atoms with Crippen LogP contribution in [0.25, 0.3) is 0 Å². The Hall–Kier alpha value is -0.130. The monoisotopic (exact) mass is 276 g/mol. The second-order valence-corrected chi connectivity index (χ2v) is 7.82. The zero-order valence-electron chi connectivity index (χ0n) is 12.0. The van der Waals surface area contributed by atoms with Crippen LogP contribution in [0.2, 0.25) is 0 Å². The Morgan fingerprint density at radius 2 is 1.83 bits per heavy atom. The van der Waals surface area contributed by atoms with Crippen molar-refractivity contribution in [1.82, 2.24) is 4.31 Å². The van der Waals surface area contributed by atoms with Crippen LogP contribution in [0.1, 0.15) is 52.9 Å². The summed E-state index contributed by atoms with van der Waals surface area (Å²) in [5, 5.41) is 0. The first-order valence-electron chi connectivity index (χ1n) is 7.08. The van der Waals surface area contributed by atoms with Crippen LogP contribution in [0.15, 0.2) is 0 Å². The third kappa shape index (κ3) is 3.45. The van der Waals surface area contributed by atoms with Gasteiger partial charge in [0, 0.05) is 18.6 Å². The van der Waals surface area contributed by atoms with Crippen molar-refractivity contribution in [3.05, 3.63) is 0 Å². The van der Waals surface area contributed by atoms with E-state index in [1.807, 2.05) is 20.8 Å². The molecule has 0 heterocycles. The Morgan fingerprint density at radius 1 is 1.28 bits per heavy atom. The summed E-state index contributed by atoms with van der Waals surface area (Å²) in [5.74, 6) is 0.389. The first-order chi connectivity index (χ1) is 8.38. The summed E-state index contributed by atoms with van der Waals surface area (Å²) in [6.07, 6.45) is 4.87. The lowest BCUT2D eigenvalue weighted by molar-refractivity contribution is 0.197. The van der Waals surface area contributed by atoms with E-state index in [4.69, 9.17) is 5.73 Å². The van der Waals surface area contributed by atoms with Gasteiger partial charge in [-0.05, 0) is 25.2 Å². The topological polar surface area (TPSA) is 63.4 Å². The lowest BCUT2D eigenvalue weighted by atomic mass is 9.98. The Bertz CT molecular complexity index is 346. The molecule has 1 aliphatic carbocycles. The van der Waals surface area contributed by atoms with Gasteiger partial charge in [-0.15, -0.1) is 0 Å². The molecule has 5 heteroatoms. The van der Waals surface area contributed by atoms with E-state index < -0.39 is 10.0 Å². The SMILES string of the molecule is CCCN(C1(CN)CCCC1)S(=O)(=O)CC(C)C. The van der Waals surface area contributed by atoms with E-state index in [0.717, 1.165) is 32.1 Å². The largest absolute Gasteiger partial charge is 0.329 e. The van der Waals surface area contributed by atoms with E-state index in [0.29, 0.717) is 13.1 Å². The van der Waals surface area contributed by atoms with Gasteiger partial charge in [0.05, 0.1) is 5.75 Å². The zero-order chi connectivity index (χ0) is 13.8. The molecule has 0 radical (unpaired) electrons. The van der Waals surface area contributed by atoms with E-state index in [1.54, 1.807) is 4.31 Å². The molecule has 1 rings (SSSR count). The summed E-state index contributed by atoms with van der Waals surface area (Å²) in [5.41, 5.74) is 5.62. The molecule has 0 spiro atoms. The van der Waals surface area contributed by atoms with Crippen LogP contribution >= 0.6 is 0 Å². The average Bonchev–Trinajstić information content (AvgIpc) is 2.73. The van der Waals surface area contributed by atoms with E-state index in [2.05, 4.69) is 0 Å². The van der Waals surface area contributed by atoms with Crippen LogP contribution in [0.3, 0.4) is 0 Å². The molecular weight excluding hydrogens is 248 g/mol. The first-order valence-corrected chi connectivity index (χ1v) is 8.69. The third-order valence-electron chi connectivity index (χ3n) is 3.75. The molecule has 108 valence electrons. The van der Waals surface area contributed by atoms with Gasteiger partial charge in [0.15, 0.2) is 0 Å². The Kier molecular flexibility index (Phi) is 5.62. The Balaban J connectivity index is 3.00. The van der Waals surface area contributed by atoms with Gasteiger partial charge in [0.2, 0.25) is 10.0 Å². The molecule has 0 unspecified atom stereocenters. The van der Waals surface area contributed by atoms with Gasteiger partial charge in [-0.2, -0.15) is 4.31 Å². The van der Waals surface area contributed by atoms with Crippen molar-refractivity contribution >= 4 is 10.0 Å². The molecule has 0 aromatic carbocycles. The fourth-order valence-electron chi connectivity index (χ4n) is 2.97. The molecule has 2 N–H and O–H groups in total. The van der Waals surface area contributed by atoms with Gasteiger partial charge < -0.3 is 5.73 Å². The number of rotatable bonds is 7. The van der Waals surface area contributed by atoms with E-state index in [1.165, 1.54) is 0 Å². The van der Waals surface area contributed by atoms with Crippen LogP contribution in [0.5, 0.6) is 0 Å². The van der Waals surface area contributed by atoms with E-state index in [-0.39, 0.29) is 17.2 Å². The number of sulfonamides is 1. The number of hydrogen-bond acceptors (Lipinski definition) is 3. The third-order valence-corrected chi connectivity index (χ3v) is 6.08. The average molecular weight is 276 g/mol. The molecule has 0 aromatic rings. The maximum Gasteiger partial charge on any atom is 0.214 e. The van der Waals surface area contributed by atoms with Gasteiger partial charge in [-0.1, -0.05) is 33.6 Å². The molecule has 1 fully saturated rings. The molecule has 0 aliphatic heterocycles. The molecule has 0 atom stereocenters. The smallest absolute Gasteiger partial charge is 0.214 e. The summed E-state index contributed by atoms with van der Waals surface area (Å²) >= 11 is 0. The number of hydrogen-bond donors (Lipinski definition) is 1. The maximum absolute atomic E-state index is 12.6. The molecule has 1 aliphatic rings. The van der Waals surface area contributed by atoms with Gasteiger partial charge in [-0.3, -0.25) is 0 Å². The zero-order valence-corrected chi connectivity index (χ0v) is 12.8. The Labute approximate surface area is 112 Å². The summed E-state index contributed by atoms with van der Waals surface area (Å²) in [6, 6.07) is 0. The van der Waals surface area contributed by atoms with Gasteiger partial charge >= 0.3 is 0 Å². The summed E-state index contributed by atoms with van der Waals surface area (Å²) in [4.78, 5) is 0. The van der Waals surface area contributed by atoms with Gasteiger partial charge in [0.1, 0.15) is 0 Å². The van der Waals surface area contributed by atoms with Crippen molar-refractivity contribution in [2.75, 3.05) is 18.8 Å². The molecule has 4 nitrogen and oxygen atoms in total. The Morgan fingerprint density at radius 3 is 2.22 bits per heavy atom. The van der Waals surface area contributed by atoms with Crippen LogP contribution in [-0.4, -0.2) is 37.1 Å². The fraction of sp³-hybridized carbons (Fsp3) is 1.00. The normalized spacial score (nSPS) is 19.9. The molecule has 0 saturated heterocycles. The first kappa shape index (κ1) is 15.9. The van der Waals surface area contributed by atoms with Crippen molar-refractivity contribution in [2.45, 2.75) is 58.4 Å². The second-order valence-electron chi connectivity index (χ2n) is 5.88. The van der Waals surface area contributed by atoms with Crippen molar-refractivity contribution in [3.8, 4) is 0 Å². The molecule has 0 amide bonds. The van der Waals surface area contributed by atoms with Crippen molar-refractivity contribution in [2.24, 2.45) is 11.7 Å². The van der Waals surface area contributed by atoms with E-state index in [9.17, 15) is 8.42 Å². The minimum Gasteiger partial charge on any atom is -0.329 e. The predicted octanol–water partition coefficient (Wildman–Crippen LogP) is 1.96. The van der Waals surface area contributed by atoms with Crippen molar-refractivity contribution in [1.29, 1.82) is 0 Å².